The van der Waals surface area contributed by atoms with E-state index in [0.29, 0.717) is 0 Å². The highest BCUT2D eigenvalue weighted by Gasteiger charge is 2.07. The summed E-state index contributed by atoms with van der Waals surface area (Å²) in [6.07, 6.45) is 0. The predicted octanol–water partition coefficient (Wildman–Crippen LogP) is 3.39. The molecule has 58 valence electrons. The Kier molecular flexibility index (Phi) is 2.82. The van der Waals surface area contributed by atoms with Gasteiger partial charge in [-0.3, -0.25) is 0 Å². The molecule has 0 amide bonds. The fraction of sp³-hybridized carbons (Fsp3) is 0. The third kappa shape index (κ3) is 1.89. The van der Waals surface area contributed by atoms with Gasteiger partial charge in [0.2, 0.25) is 0 Å². The Morgan fingerprint density at radius 1 is 1.45 bits per heavy atom. The number of halogens is 3. The molecule has 0 N–H and O–H groups in total. The monoisotopic (exact) mass is 208 g/mol. The lowest BCUT2D eigenvalue weighted by Crippen LogP contribution is -1.92. The van der Waals surface area contributed by atoms with E-state index in [-0.39, 0.29) is 14.9 Å². The molecule has 11 heavy (non-hydrogen) atoms. The Balaban J connectivity index is 3.27. The average molecular weight is 209 g/mol. The third-order valence-electron chi connectivity index (χ3n) is 1.16. The Hall–Kier alpha value is -0.180. The first-order chi connectivity index (χ1) is 5.13. The summed E-state index contributed by atoms with van der Waals surface area (Å²) >= 11 is 15.5. The van der Waals surface area contributed by atoms with Crippen LogP contribution in [0.2, 0.25) is 5.02 Å². The molecule has 0 aliphatic rings. The summed E-state index contributed by atoms with van der Waals surface area (Å²) in [6.45, 7) is 0. The minimum Gasteiger partial charge on any atom is -0.205 e. The highest BCUT2D eigenvalue weighted by Crippen LogP contribution is 2.19. The average Bonchev–Trinajstić information content (AvgIpc) is 1.94. The first kappa shape index (κ1) is 8.91. The van der Waals surface area contributed by atoms with Crippen molar-refractivity contribution in [3.8, 4) is 0 Å². The second kappa shape index (κ2) is 3.48. The SMILES string of the molecule is Fc1c(Cl)cccc1C(=S)Cl. The maximum absolute atomic E-state index is 12.9. The van der Waals surface area contributed by atoms with Crippen LogP contribution >= 0.6 is 35.4 Å². The molecule has 0 atom stereocenters. The molecule has 0 radical (unpaired) electrons. The van der Waals surface area contributed by atoms with Crippen molar-refractivity contribution in [3.05, 3.63) is 34.6 Å². The lowest BCUT2D eigenvalue weighted by atomic mass is 10.2. The van der Waals surface area contributed by atoms with Crippen molar-refractivity contribution in [2.45, 2.75) is 0 Å². The van der Waals surface area contributed by atoms with E-state index in [9.17, 15) is 4.39 Å². The van der Waals surface area contributed by atoms with E-state index in [1.165, 1.54) is 12.1 Å². The number of hydrogen-bond acceptors (Lipinski definition) is 1. The van der Waals surface area contributed by atoms with E-state index in [1.807, 2.05) is 0 Å². The highest BCUT2D eigenvalue weighted by molar-refractivity contribution is 7.83. The number of thiocarbonyl (C=S) groups is 1. The van der Waals surface area contributed by atoms with Crippen LogP contribution in [-0.2, 0) is 0 Å². The fourth-order valence-electron chi connectivity index (χ4n) is 0.656. The van der Waals surface area contributed by atoms with E-state index in [4.69, 9.17) is 23.2 Å². The van der Waals surface area contributed by atoms with Gasteiger partial charge in [0.1, 0.15) is 4.32 Å². The molecule has 1 aromatic rings. The van der Waals surface area contributed by atoms with Crippen LogP contribution in [0.5, 0.6) is 0 Å². The molecule has 0 nitrogen and oxygen atoms in total. The van der Waals surface area contributed by atoms with E-state index in [2.05, 4.69) is 12.2 Å². The maximum atomic E-state index is 12.9. The molecular formula is C7H3Cl2FS. The second-order valence-corrected chi connectivity index (χ2v) is 3.29. The zero-order valence-electron chi connectivity index (χ0n) is 5.27. The van der Waals surface area contributed by atoms with Gasteiger partial charge in [-0.2, -0.15) is 0 Å². The Morgan fingerprint density at radius 3 is 2.55 bits per heavy atom. The van der Waals surface area contributed by atoms with Crippen LogP contribution in [0, 0.1) is 5.82 Å². The van der Waals surface area contributed by atoms with Crippen molar-refractivity contribution in [3.63, 3.8) is 0 Å². The van der Waals surface area contributed by atoms with Crippen LogP contribution in [0.1, 0.15) is 5.56 Å². The second-order valence-electron chi connectivity index (χ2n) is 1.88. The fourth-order valence-corrected chi connectivity index (χ4v) is 1.13. The summed E-state index contributed by atoms with van der Waals surface area (Å²) in [6, 6.07) is 4.52. The quantitative estimate of drug-likeness (QED) is 0.504. The van der Waals surface area contributed by atoms with Gasteiger partial charge in [-0.1, -0.05) is 41.5 Å². The van der Waals surface area contributed by atoms with Gasteiger partial charge in [0, 0.05) is 5.56 Å². The lowest BCUT2D eigenvalue weighted by Gasteiger charge is -1.98. The summed E-state index contributed by atoms with van der Waals surface area (Å²) in [5.74, 6) is -0.561. The molecule has 1 rings (SSSR count). The Labute approximate surface area is 78.9 Å². The van der Waals surface area contributed by atoms with Crippen molar-refractivity contribution < 1.29 is 4.39 Å². The smallest absolute Gasteiger partial charge is 0.151 e. The molecule has 0 heterocycles. The molecule has 4 heteroatoms. The molecular weight excluding hydrogens is 206 g/mol. The van der Waals surface area contributed by atoms with Crippen molar-refractivity contribution in [2.24, 2.45) is 0 Å². The number of rotatable bonds is 1. The van der Waals surface area contributed by atoms with Crippen LogP contribution < -0.4 is 0 Å². The summed E-state index contributed by atoms with van der Waals surface area (Å²) in [7, 11) is 0. The van der Waals surface area contributed by atoms with Gasteiger partial charge in [-0.05, 0) is 12.1 Å². The van der Waals surface area contributed by atoms with E-state index in [1.54, 1.807) is 6.07 Å². The van der Waals surface area contributed by atoms with Crippen molar-refractivity contribution in [2.75, 3.05) is 0 Å². The van der Waals surface area contributed by atoms with E-state index in [0.717, 1.165) is 0 Å². The predicted molar refractivity (Wildman–Crippen MR) is 49.0 cm³/mol. The summed E-state index contributed by atoms with van der Waals surface area (Å²) in [4.78, 5) is 0. The van der Waals surface area contributed by atoms with Crippen LogP contribution in [0.25, 0.3) is 0 Å². The van der Waals surface area contributed by atoms with Gasteiger partial charge in [0.05, 0.1) is 5.02 Å². The van der Waals surface area contributed by atoms with Gasteiger partial charge in [-0.25, -0.2) is 4.39 Å². The van der Waals surface area contributed by atoms with Gasteiger partial charge < -0.3 is 0 Å². The number of benzene rings is 1. The van der Waals surface area contributed by atoms with Crippen LogP contribution in [-0.4, -0.2) is 4.32 Å². The molecule has 0 spiro atoms. The standard InChI is InChI=1S/C7H3Cl2FS/c8-5-3-1-2-4(6(5)10)7(9)11/h1-3H. The van der Waals surface area contributed by atoms with Gasteiger partial charge >= 0.3 is 0 Å². The summed E-state index contributed by atoms with van der Waals surface area (Å²) < 4.78 is 12.9. The maximum Gasteiger partial charge on any atom is 0.151 e. The first-order valence-electron chi connectivity index (χ1n) is 2.77. The van der Waals surface area contributed by atoms with Crippen LogP contribution in [0.3, 0.4) is 0 Å². The van der Waals surface area contributed by atoms with Gasteiger partial charge in [0.15, 0.2) is 5.82 Å². The molecule has 0 bridgehead atoms. The lowest BCUT2D eigenvalue weighted by molar-refractivity contribution is 0.626. The first-order valence-corrected chi connectivity index (χ1v) is 3.93. The molecule has 0 aromatic heterocycles. The van der Waals surface area contributed by atoms with Crippen LogP contribution in [0.4, 0.5) is 4.39 Å². The Bertz CT molecular complexity index is 298. The van der Waals surface area contributed by atoms with Gasteiger partial charge in [0.25, 0.3) is 0 Å². The molecule has 1 aromatic carbocycles. The van der Waals surface area contributed by atoms with E-state index >= 15 is 0 Å². The largest absolute Gasteiger partial charge is 0.205 e. The molecule has 0 saturated carbocycles. The van der Waals surface area contributed by atoms with Crippen molar-refractivity contribution in [1.29, 1.82) is 0 Å². The zero-order valence-corrected chi connectivity index (χ0v) is 7.60. The molecule has 0 fully saturated rings. The Morgan fingerprint density at radius 2 is 2.09 bits per heavy atom. The molecule has 0 aliphatic carbocycles. The normalized spacial score (nSPS) is 9.73. The van der Waals surface area contributed by atoms with Crippen LogP contribution in [0.15, 0.2) is 18.2 Å². The summed E-state index contributed by atoms with van der Waals surface area (Å²) in [5.41, 5.74) is 0.175. The highest BCUT2D eigenvalue weighted by atomic mass is 35.5. The van der Waals surface area contributed by atoms with E-state index < -0.39 is 5.82 Å². The number of hydrogen-bond donors (Lipinski definition) is 0. The summed E-state index contributed by atoms with van der Waals surface area (Å²) in [5, 5.41) is 0.0329. The minimum atomic E-state index is -0.561. The van der Waals surface area contributed by atoms with Crippen molar-refractivity contribution in [1.82, 2.24) is 0 Å². The molecule has 0 aliphatic heterocycles. The van der Waals surface area contributed by atoms with Gasteiger partial charge in [-0.15, -0.1) is 0 Å². The third-order valence-corrected chi connectivity index (χ3v) is 1.88. The molecule has 0 unspecified atom stereocenters. The minimum absolute atomic E-state index is 0.00926. The zero-order chi connectivity index (χ0) is 8.43. The molecule has 0 saturated heterocycles. The topological polar surface area (TPSA) is 0 Å². The van der Waals surface area contributed by atoms with Crippen molar-refractivity contribution >= 4 is 39.7 Å².